The Morgan fingerprint density at radius 3 is 2.30 bits per heavy atom. The van der Waals surface area contributed by atoms with Gasteiger partial charge in [0.15, 0.2) is 0 Å². The molecule has 0 spiro atoms. The molecule has 0 aliphatic carbocycles. The zero-order valence-corrected chi connectivity index (χ0v) is 5.10. The van der Waals surface area contributed by atoms with Crippen LogP contribution in [0.3, 0.4) is 0 Å². The number of nitrogens with zero attached hydrogens (tertiary/aromatic N) is 2. The smallest absolute Gasteiger partial charge is 0.422 e. The topological polar surface area (TPSA) is 92.3 Å². The molecule has 0 radical (unpaired) electrons. The molecule has 6 heteroatoms. The minimum atomic E-state index is -1.64. The van der Waals surface area contributed by atoms with E-state index in [1.165, 1.54) is 12.4 Å². The van der Waals surface area contributed by atoms with Gasteiger partial charge in [0, 0.05) is 12.4 Å². The summed E-state index contributed by atoms with van der Waals surface area (Å²) in [6.07, 6.45) is 2.71. The van der Waals surface area contributed by atoms with E-state index >= 15 is 0 Å². The van der Waals surface area contributed by atoms with Gasteiger partial charge in [-0.1, -0.05) is 0 Å². The molecule has 0 atom stereocenters. The lowest BCUT2D eigenvalue weighted by Crippen LogP contribution is -2.35. The Morgan fingerprint density at radius 1 is 1.30 bits per heavy atom. The minimum absolute atomic E-state index is 0.0116. The van der Waals surface area contributed by atoms with Gasteiger partial charge in [0.05, 0.1) is 0 Å². The number of nitrogens with two attached hydrogens (primary N) is 1. The lowest BCUT2D eigenvalue weighted by molar-refractivity contribution is 0.424. The van der Waals surface area contributed by atoms with Crippen LogP contribution in [0.25, 0.3) is 0 Å². The molecule has 0 saturated heterocycles. The Bertz CT molecular complexity index is 229. The standard InChI is InChI=1S/C4H6BN3O2/c6-4-3(5(9)10)7-1-2-8-4/h1-2,9-10H,(H2,6,8). The normalized spacial score (nSPS) is 9.40. The second kappa shape index (κ2) is 2.63. The van der Waals surface area contributed by atoms with Crippen LogP contribution in [0.5, 0.6) is 0 Å². The monoisotopic (exact) mass is 139 g/mol. The van der Waals surface area contributed by atoms with Gasteiger partial charge in [0.1, 0.15) is 11.4 Å². The number of aromatic nitrogens is 2. The molecule has 0 aliphatic heterocycles. The molecule has 0 unspecified atom stereocenters. The van der Waals surface area contributed by atoms with E-state index in [-0.39, 0.29) is 11.4 Å². The summed E-state index contributed by atoms with van der Waals surface area (Å²) in [6, 6.07) is 0. The summed E-state index contributed by atoms with van der Waals surface area (Å²) in [5, 5.41) is 17.2. The fourth-order valence-corrected chi connectivity index (χ4v) is 0.558. The Hall–Kier alpha value is -1.14. The van der Waals surface area contributed by atoms with Crippen molar-refractivity contribution in [2.24, 2.45) is 0 Å². The predicted octanol–water partition coefficient (Wildman–Crippen LogP) is -2.26. The summed E-state index contributed by atoms with van der Waals surface area (Å²) in [6.45, 7) is 0. The number of hydrogen-bond donors (Lipinski definition) is 3. The minimum Gasteiger partial charge on any atom is -0.422 e. The maximum absolute atomic E-state index is 8.58. The van der Waals surface area contributed by atoms with E-state index in [0.29, 0.717) is 0 Å². The molecule has 5 nitrogen and oxygen atoms in total. The Labute approximate surface area is 57.7 Å². The largest absolute Gasteiger partial charge is 0.512 e. The second-order valence-corrected chi connectivity index (χ2v) is 1.70. The summed E-state index contributed by atoms with van der Waals surface area (Å²) >= 11 is 0. The molecule has 0 fully saturated rings. The van der Waals surface area contributed by atoms with Gasteiger partial charge in [-0.3, -0.25) is 4.98 Å². The zero-order valence-electron chi connectivity index (χ0n) is 5.10. The van der Waals surface area contributed by atoms with Gasteiger partial charge in [-0.2, -0.15) is 0 Å². The number of nitrogen functional groups attached to an aromatic ring is 1. The fraction of sp³-hybridized carbons (Fsp3) is 0. The van der Waals surface area contributed by atoms with Crippen molar-refractivity contribution in [2.75, 3.05) is 5.73 Å². The lowest BCUT2D eigenvalue weighted by Gasteiger charge is -1.98. The van der Waals surface area contributed by atoms with Crippen molar-refractivity contribution in [2.45, 2.75) is 0 Å². The average Bonchev–Trinajstić information content (AvgIpc) is 1.88. The van der Waals surface area contributed by atoms with E-state index in [1.807, 2.05) is 0 Å². The zero-order chi connectivity index (χ0) is 7.56. The van der Waals surface area contributed by atoms with Crippen molar-refractivity contribution in [3.05, 3.63) is 12.4 Å². The highest BCUT2D eigenvalue weighted by Crippen LogP contribution is 1.86. The highest BCUT2D eigenvalue weighted by molar-refractivity contribution is 6.59. The Kier molecular flexibility index (Phi) is 1.84. The van der Waals surface area contributed by atoms with E-state index in [0.717, 1.165) is 0 Å². The molecule has 52 valence electrons. The van der Waals surface area contributed by atoms with Crippen LogP contribution < -0.4 is 11.3 Å². The first-order valence-electron chi connectivity index (χ1n) is 2.64. The van der Waals surface area contributed by atoms with Crippen LogP contribution in [-0.2, 0) is 0 Å². The molecule has 1 aromatic heterocycles. The van der Waals surface area contributed by atoms with E-state index < -0.39 is 7.12 Å². The molecule has 0 aliphatic rings. The fourth-order valence-electron chi connectivity index (χ4n) is 0.558. The molecule has 1 heterocycles. The van der Waals surface area contributed by atoms with Gasteiger partial charge in [-0.15, -0.1) is 0 Å². The SMILES string of the molecule is Nc1nccnc1B(O)O. The van der Waals surface area contributed by atoms with Crippen LogP contribution in [-0.4, -0.2) is 27.1 Å². The molecule has 0 aromatic carbocycles. The van der Waals surface area contributed by atoms with Gasteiger partial charge >= 0.3 is 7.12 Å². The molecule has 4 N–H and O–H groups in total. The van der Waals surface area contributed by atoms with Crippen molar-refractivity contribution in [3.63, 3.8) is 0 Å². The van der Waals surface area contributed by atoms with Crippen LogP contribution in [0.2, 0.25) is 0 Å². The molecule has 1 aromatic rings. The highest BCUT2D eigenvalue weighted by atomic mass is 16.4. The first-order chi connectivity index (χ1) is 4.72. The third-order valence-corrected chi connectivity index (χ3v) is 1.00. The lowest BCUT2D eigenvalue weighted by atomic mass is 9.86. The van der Waals surface area contributed by atoms with Gasteiger partial charge in [0.2, 0.25) is 0 Å². The Morgan fingerprint density at radius 2 is 1.90 bits per heavy atom. The number of rotatable bonds is 1. The van der Waals surface area contributed by atoms with Gasteiger partial charge in [-0.05, 0) is 0 Å². The van der Waals surface area contributed by atoms with Crippen LogP contribution in [0.1, 0.15) is 0 Å². The molecule has 10 heavy (non-hydrogen) atoms. The quantitative estimate of drug-likeness (QED) is 0.382. The van der Waals surface area contributed by atoms with E-state index in [9.17, 15) is 0 Å². The Balaban J connectivity index is 3.03. The van der Waals surface area contributed by atoms with Crippen LogP contribution in [0.4, 0.5) is 5.82 Å². The van der Waals surface area contributed by atoms with Crippen LogP contribution in [0, 0.1) is 0 Å². The molecule has 0 saturated carbocycles. The molecule has 0 bridgehead atoms. The van der Waals surface area contributed by atoms with Crippen molar-refractivity contribution < 1.29 is 10.0 Å². The van der Waals surface area contributed by atoms with Gasteiger partial charge in [0.25, 0.3) is 0 Å². The van der Waals surface area contributed by atoms with Crippen molar-refractivity contribution >= 4 is 18.5 Å². The molecular weight excluding hydrogens is 133 g/mol. The summed E-state index contributed by atoms with van der Waals surface area (Å²) in [5.41, 5.74) is 5.22. The molecule has 0 amide bonds. The number of anilines is 1. The average molecular weight is 139 g/mol. The first-order valence-corrected chi connectivity index (χ1v) is 2.64. The first kappa shape index (κ1) is 6.98. The van der Waals surface area contributed by atoms with Crippen molar-refractivity contribution in [1.82, 2.24) is 9.97 Å². The number of hydrogen-bond acceptors (Lipinski definition) is 5. The van der Waals surface area contributed by atoms with Gasteiger partial charge < -0.3 is 15.8 Å². The van der Waals surface area contributed by atoms with Gasteiger partial charge in [-0.25, -0.2) is 4.98 Å². The third kappa shape index (κ3) is 1.23. The van der Waals surface area contributed by atoms with E-state index in [2.05, 4.69) is 9.97 Å². The summed E-state index contributed by atoms with van der Waals surface area (Å²) in [4.78, 5) is 7.19. The summed E-state index contributed by atoms with van der Waals surface area (Å²) < 4.78 is 0. The van der Waals surface area contributed by atoms with Crippen LogP contribution >= 0.6 is 0 Å². The van der Waals surface area contributed by atoms with Crippen molar-refractivity contribution in [3.8, 4) is 0 Å². The maximum Gasteiger partial charge on any atom is 0.512 e. The maximum atomic E-state index is 8.58. The molecule has 1 rings (SSSR count). The predicted molar refractivity (Wildman–Crippen MR) is 36.3 cm³/mol. The van der Waals surface area contributed by atoms with E-state index in [4.69, 9.17) is 15.8 Å². The third-order valence-electron chi connectivity index (χ3n) is 1.00. The highest BCUT2D eigenvalue weighted by Gasteiger charge is 2.16. The van der Waals surface area contributed by atoms with Crippen molar-refractivity contribution in [1.29, 1.82) is 0 Å². The second-order valence-electron chi connectivity index (χ2n) is 1.70. The van der Waals surface area contributed by atoms with Crippen LogP contribution in [0.15, 0.2) is 12.4 Å². The molecular formula is C4H6BN3O2. The summed E-state index contributed by atoms with van der Waals surface area (Å²) in [7, 11) is -1.64. The summed E-state index contributed by atoms with van der Waals surface area (Å²) in [5.74, 6) is 0.0394. The van der Waals surface area contributed by atoms with E-state index in [1.54, 1.807) is 0 Å².